The van der Waals surface area contributed by atoms with Gasteiger partial charge in [0.25, 0.3) is 5.91 Å². The molecule has 0 saturated heterocycles. The van der Waals surface area contributed by atoms with Crippen molar-refractivity contribution in [1.29, 1.82) is 0 Å². The summed E-state index contributed by atoms with van der Waals surface area (Å²) in [6, 6.07) is 11.0. The van der Waals surface area contributed by atoms with E-state index in [0.717, 1.165) is 36.8 Å². The van der Waals surface area contributed by atoms with Crippen molar-refractivity contribution in [3.63, 3.8) is 0 Å². The van der Waals surface area contributed by atoms with Crippen molar-refractivity contribution in [3.8, 4) is 11.4 Å². The number of aryl methyl sites for hydroxylation is 1. The van der Waals surface area contributed by atoms with Crippen molar-refractivity contribution in [3.05, 3.63) is 58.9 Å². The first-order valence-corrected chi connectivity index (χ1v) is 11.4. The first kappa shape index (κ1) is 23.0. The van der Waals surface area contributed by atoms with E-state index >= 15 is 0 Å². The van der Waals surface area contributed by atoms with Gasteiger partial charge in [0, 0.05) is 24.4 Å². The molecule has 3 aromatic rings. The lowest BCUT2D eigenvalue weighted by Crippen LogP contribution is -2.24. The number of benzene rings is 1. The Kier molecular flexibility index (Phi) is 7.41. The molecule has 1 amide bonds. The predicted octanol–water partition coefficient (Wildman–Crippen LogP) is 2.26. The van der Waals surface area contributed by atoms with Crippen LogP contribution in [0.1, 0.15) is 53.0 Å². The van der Waals surface area contributed by atoms with Crippen molar-refractivity contribution in [2.24, 2.45) is 11.8 Å². The third-order valence-corrected chi connectivity index (χ3v) is 6.17. The van der Waals surface area contributed by atoms with E-state index in [1.807, 2.05) is 37.3 Å². The number of aliphatic hydroxyl groups excluding tert-OH is 2. The van der Waals surface area contributed by atoms with Gasteiger partial charge in [-0.05, 0) is 72.9 Å². The minimum atomic E-state index is -0.289. The predicted molar refractivity (Wildman–Crippen MR) is 122 cm³/mol. The zero-order chi connectivity index (χ0) is 23.2. The highest BCUT2D eigenvalue weighted by Crippen LogP contribution is 2.29. The Balaban J connectivity index is 1.41. The van der Waals surface area contributed by atoms with Crippen LogP contribution in [0.2, 0.25) is 0 Å². The summed E-state index contributed by atoms with van der Waals surface area (Å²) in [7, 11) is 0. The minimum absolute atomic E-state index is 0.0395. The molecule has 3 N–H and O–H groups in total. The van der Waals surface area contributed by atoms with Gasteiger partial charge in [0.15, 0.2) is 0 Å². The highest BCUT2D eigenvalue weighted by Gasteiger charge is 2.22. The zero-order valence-electron chi connectivity index (χ0n) is 18.8. The number of aliphatic hydroxyl groups is 2. The molecule has 1 saturated carbocycles. The normalized spacial score (nSPS) is 18.3. The number of pyridine rings is 1. The van der Waals surface area contributed by atoms with Gasteiger partial charge in [-0.25, -0.2) is 4.98 Å². The largest absolute Gasteiger partial charge is 0.396 e. The number of amides is 1. The second-order valence-electron chi connectivity index (χ2n) is 8.78. The zero-order valence-corrected chi connectivity index (χ0v) is 18.8. The second-order valence-corrected chi connectivity index (χ2v) is 8.78. The van der Waals surface area contributed by atoms with E-state index in [-0.39, 0.29) is 19.1 Å². The molecule has 2 heterocycles. The number of aromatic nitrogens is 5. The van der Waals surface area contributed by atoms with E-state index in [1.165, 1.54) is 0 Å². The standard InChI is InChI=1S/C24H30N6O3/c1-16-9-21(23-27-29-30(28-23)13-17-5-7-18(14-31)8-6-17)11-22(26-16)24(33)25-12-19-3-2-4-20(10-19)15-32/h2-4,9-11,17-18,31-32H,5-8,12-15H2,1H3,(H,25,33). The maximum atomic E-state index is 12.7. The molecule has 0 aliphatic heterocycles. The third kappa shape index (κ3) is 6.00. The van der Waals surface area contributed by atoms with Crippen molar-refractivity contribution in [2.75, 3.05) is 6.61 Å². The van der Waals surface area contributed by atoms with Crippen LogP contribution in [-0.2, 0) is 19.7 Å². The van der Waals surface area contributed by atoms with Crippen LogP contribution in [0.3, 0.4) is 0 Å². The molecule has 1 fully saturated rings. The molecule has 1 aliphatic carbocycles. The summed E-state index contributed by atoms with van der Waals surface area (Å²) in [5.41, 5.74) is 3.39. The number of carbonyl (C=O) groups is 1. The maximum Gasteiger partial charge on any atom is 0.270 e. The number of rotatable bonds is 8. The molecule has 9 nitrogen and oxygen atoms in total. The van der Waals surface area contributed by atoms with Gasteiger partial charge < -0.3 is 15.5 Å². The quantitative estimate of drug-likeness (QED) is 0.480. The van der Waals surface area contributed by atoms with Crippen molar-refractivity contribution < 1.29 is 15.0 Å². The number of nitrogens with zero attached hydrogens (tertiary/aromatic N) is 5. The number of hydrogen-bond donors (Lipinski definition) is 3. The summed E-state index contributed by atoms with van der Waals surface area (Å²) >= 11 is 0. The van der Waals surface area contributed by atoms with E-state index < -0.39 is 0 Å². The lowest BCUT2D eigenvalue weighted by molar-refractivity contribution is 0.0945. The molecule has 0 radical (unpaired) electrons. The Morgan fingerprint density at radius 3 is 2.61 bits per heavy atom. The van der Waals surface area contributed by atoms with E-state index in [2.05, 4.69) is 25.7 Å². The van der Waals surface area contributed by atoms with Gasteiger partial charge in [0.05, 0.1) is 13.2 Å². The van der Waals surface area contributed by atoms with Gasteiger partial charge >= 0.3 is 0 Å². The van der Waals surface area contributed by atoms with Gasteiger partial charge in [-0.3, -0.25) is 4.79 Å². The Hall–Kier alpha value is -3.17. The van der Waals surface area contributed by atoms with Crippen LogP contribution < -0.4 is 5.32 Å². The maximum absolute atomic E-state index is 12.7. The van der Waals surface area contributed by atoms with Crippen molar-refractivity contribution in [2.45, 2.75) is 52.3 Å². The summed E-state index contributed by atoms with van der Waals surface area (Å²) in [5, 5.41) is 34.4. The number of tetrazole rings is 1. The van der Waals surface area contributed by atoms with Crippen LogP contribution in [0.25, 0.3) is 11.4 Å². The number of carbonyl (C=O) groups excluding carboxylic acids is 1. The summed E-state index contributed by atoms with van der Waals surface area (Å²) < 4.78 is 0. The van der Waals surface area contributed by atoms with Crippen LogP contribution >= 0.6 is 0 Å². The van der Waals surface area contributed by atoms with Crippen LogP contribution in [0.15, 0.2) is 36.4 Å². The van der Waals surface area contributed by atoms with Crippen LogP contribution in [0.4, 0.5) is 0 Å². The SMILES string of the molecule is Cc1cc(-c2nnn(CC3CCC(CO)CC3)n2)cc(C(=O)NCc2cccc(CO)c2)n1. The average molecular weight is 451 g/mol. The van der Waals surface area contributed by atoms with Gasteiger partial charge in [-0.1, -0.05) is 24.3 Å². The molecule has 1 aromatic carbocycles. The van der Waals surface area contributed by atoms with E-state index in [9.17, 15) is 15.0 Å². The fourth-order valence-electron chi connectivity index (χ4n) is 4.29. The summed E-state index contributed by atoms with van der Waals surface area (Å²) in [4.78, 5) is 18.7. The Morgan fingerprint density at radius 1 is 1.09 bits per heavy atom. The second kappa shape index (κ2) is 10.6. The molecule has 4 rings (SSSR count). The number of nitrogens with one attached hydrogen (secondary N) is 1. The van der Waals surface area contributed by atoms with Gasteiger partial charge in [0.2, 0.25) is 5.82 Å². The van der Waals surface area contributed by atoms with Gasteiger partial charge in [-0.15, -0.1) is 10.2 Å². The first-order chi connectivity index (χ1) is 16.0. The molecule has 0 bridgehead atoms. The molecular formula is C24H30N6O3. The molecular weight excluding hydrogens is 420 g/mol. The summed E-state index contributed by atoms with van der Waals surface area (Å²) in [6.45, 7) is 3.10. The third-order valence-electron chi connectivity index (χ3n) is 6.17. The number of hydrogen-bond acceptors (Lipinski definition) is 7. The Labute approximate surface area is 192 Å². The molecule has 1 aliphatic rings. The van der Waals surface area contributed by atoms with Crippen LogP contribution in [0, 0.1) is 18.8 Å². The molecule has 9 heteroatoms. The summed E-state index contributed by atoms with van der Waals surface area (Å²) in [6.07, 6.45) is 4.19. The van der Waals surface area contributed by atoms with Crippen molar-refractivity contribution in [1.82, 2.24) is 30.5 Å². The molecule has 0 atom stereocenters. The molecule has 174 valence electrons. The monoisotopic (exact) mass is 450 g/mol. The van der Waals surface area contributed by atoms with E-state index in [0.29, 0.717) is 47.7 Å². The average Bonchev–Trinajstić information content (AvgIpc) is 3.31. The highest BCUT2D eigenvalue weighted by molar-refractivity contribution is 5.93. The summed E-state index contributed by atoms with van der Waals surface area (Å²) in [5.74, 6) is 1.08. The van der Waals surface area contributed by atoms with E-state index in [1.54, 1.807) is 10.9 Å². The van der Waals surface area contributed by atoms with Gasteiger partial charge in [-0.2, -0.15) is 4.80 Å². The lowest BCUT2D eigenvalue weighted by Gasteiger charge is -2.26. The van der Waals surface area contributed by atoms with Crippen molar-refractivity contribution >= 4 is 5.91 Å². The topological polar surface area (TPSA) is 126 Å². The first-order valence-electron chi connectivity index (χ1n) is 11.4. The molecule has 2 aromatic heterocycles. The Morgan fingerprint density at radius 2 is 1.85 bits per heavy atom. The lowest BCUT2D eigenvalue weighted by atomic mass is 9.82. The molecule has 33 heavy (non-hydrogen) atoms. The molecule has 0 unspecified atom stereocenters. The highest BCUT2D eigenvalue weighted by atomic mass is 16.3. The van der Waals surface area contributed by atoms with Gasteiger partial charge in [0.1, 0.15) is 5.69 Å². The van der Waals surface area contributed by atoms with Crippen LogP contribution in [0.5, 0.6) is 0 Å². The fraction of sp³-hybridized carbons (Fsp3) is 0.458. The smallest absolute Gasteiger partial charge is 0.270 e. The minimum Gasteiger partial charge on any atom is -0.396 e. The van der Waals surface area contributed by atoms with Crippen LogP contribution in [-0.4, -0.2) is 47.9 Å². The Bertz CT molecular complexity index is 1090. The van der Waals surface area contributed by atoms with E-state index in [4.69, 9.17) is 0 Å². The fourth-order valence-corrected chi connectivity index (χ4v) is 4.29. The molecule has 0 spiro atoms.